The normalized spacial score (nSPS) is 14.9. The molecule has 0 amide bonds. The molecule has 2 atom stereocenters. The van der Waals surface area contributed by atoms with Gasteiger partial charge in [0.05, 0.1) is 12.0 Å². The van der Waals surface area contributed by atoms with Crippen LogP contribution in [0.3, 0.4) is 0 Å². The molecule has 1 unspecified atom stereocenters. The number of aliphatic hydroxyl groups excluding tert-OH is 1. The van der Waals surface area contributed by atoms with Gasteiger partial charge in [0.15, 0.2) is 0 Å². The van der Waals surface area contributed by atoms with Crippen molar-refractivity contribution in [2.24, 2.45) is 5.92 Å². The SMILES string of the molecule is C=C(I)[C@H](C(C)=O)C(O)CCCCC. The van der Waals surface area contributed by atoms with Gasteiger partial charge in [-0.1, -0.05) is 32.8 Å². The Bertz CT molecular complexity index is 187. The van der Waals surface area contributed by atoms with E-state index in [1.807, 2.05) is 22.6 Å². The van der Waals surface area contributed by atoms with Gasteiger partial charge in [0.2, 0.25) is 0 Å². The van der Waals surface area contributed by atoms with Crippen LogP contribution in [0.2, 0.25) is 0 Å². The van der Waals surface area contributed by atoms with Crippen molar-refractivity contribution in [2.75, 3.05) is 0 Å². The van der Waals surface area contributed by atoms with Crippen LogP contribution in [0.5, 0.6) is 0 Å². The van der Waals surface area contributed by atoms with E-state index in [2.05, 4.69) is 13.5 Å². The summed E-state index contributed by atoms with van der Waals surface area (Å²) in [5.74, 6) is -0.374. The van der Waals surface area contributed by atoms with Crippen molar-refractivity contribution in [3.05, 3.63) is 10.2 Å². The number of unbranched alkanes of at least 4 members (excludes halogenated alkanes) is 2. The minimum atomic E-state index is -0.552. The molecule has 0 spiro atoms. The van der Waals surface area contributed by atoms with E-state index in [0.717, 1.165) is 22.8 Å². The van der Waals surface area contributed by atoms with Crippen LogP contribution in [0.4, 0.5) is 0 Å². The molecule has 0 aliphatic rings. The van der Waals surface area contributed by atoms with Crippen LogP contribution in [-0.4, -0.2) is 17.0 Å². The Morgan fingerprint density at radius 2 is 2.07 bits per heavy atom. The second kappa shape index (κ2) is 7.40. The standard InChI is InChI=1S/C11H19IO2/c1-4-5-6-7-10(14)11(8(2)12)9(3)13/h10-11,14H,2,4-7H2,1,3H3/t10?,11-/m1/s1. The lowest BCUT2D eigenvalue weighted by Gasteiger charge is -2.19. The van der Waals surface area contributed by atoms with E-state index in [-0.39, 0.29) is 11.7 Å². The van der Waals surface area contributed by atoms with Gasteiger partial charge in [0.1, 0.15) is 5.78 Å². The van der Waals surface area contributed by atoms with Crippen LogP contribution in [0.25, 0.3) is 0 Å². The van der Waals surface area contributed by atoms with Crippen molar-refractivity contribution in [2.45, 2.75) is 45.6 Å². The number of Topliss-reactive ketones (excluding diaryl/α,β-unsaturated/α-hetero) is 1. The molecule has 0 aromatic carbocycles. The summed E-state index contributed by atoms with van der Waals surface area (Å²) < 4.78 is 0.735. The molecule has 0 rings (SSSR count). The highest BCUT2D eigenvalue weighted by Gasteiger charge is 2.24. The van der Waals surface area contributed by atoms with Gasteiger partial charge in [0, 0.05) is 0 Å². The molecule has 3 heteroatoms. The maximum atomic E-state index is 11.2. The third-order valence-electron chi connectivity index (χ3n) is 2.26. The molecule has 0 radical (unpaired) electrons. The molecule has 82 valence electrons. The van der Waals surface area contributed by atoms with Crippen molar-refractivity contribution < 1.29 is 9.90 Å². The minimum Gasteiger partial charge on any atom is -0.392 e. The number of carbonyl (C=O) groups excluding carboxylic acids is 1. The smallest absolute Gasteiger partial charge is 0.140 e. The average molecular weight is 310 g/mol. The second-order valence-electron chi connectivity index (χ2n) is 3.60. The molecule has 1 N–H and O–H groups in total. The zero-order chi connectivity index (χ0) is 11.1. The maximum absolute atomic E-state index is 11.2. The van der Waals surface area contributed by atoms with E-state index < -0.39 is 6.10 Å². The molecule has 0 heterocycles. The first-order valence-corrected chi connectivity index (χ1v) is 6.11. The van der Waals surface area contributed by atoms with Gasteiger partial charge in [-0.05, 0) is 39.5 Å². The predicted octanol–water partition coefficient (Wildman–Crippen LogP) is 3.08. The van der Waals surface area contributed by atoms with Crippen molar-refractivity contribution in [1.82, 2.24) is 0 Å². The molecule has 0 bridgehead atoms. The Balaban J connectivity index is 4.09. The Morgan fingerprint density at radius 1 is 1.50 bits per heavy atom. The second-order valence-corrected chi connectivity index (χ2v) is 4.98. The molecule has 2 nitrogen and oxygen atoms in total. The highest BCUT2D eigenvalue weighted by molar-refractivity contribution is 14.1. The summed E-state index contributed by atoms with van der Waals surface area (Å²) in [6, 6.07) is 0. The summed E-state index contributed by atoms with van der Waals surface area (Å²) in [6.07, 6.45) is 3.35. The first-order valence-electron chi connectivity index (χ1n) is 5.03. The van der Waals surface area contributed by atoms with Crippen LogP contribution in [-0.2, 0) is 4.79 Å². The summed E-state index contributed by atoms with van der Waals surface area (Å²) in [6.45, 7) is 7.36. The Morgan fingerprint density at radius 3 is 2.43 bits per heavy atom. The number of rotatable bonds is 7. The zero-order valence-corrected chi connectivity index (χ0v) is 11.1. The third kappa shape index (κ3) is 5.10. The largest absolute Gasteiger partial charge is 0.392 e. The zero-order valence-electron chi connectivity index (χ0n) is 8.92. The molecule has 0 aromatic rings. The Hall–Kier alpha value is 0.1000. The molecular formula is C11H19IO2. The Kier molecular flexibility index (Phi) is 7.45. The molecule has 0 fully saturated rings. The number of carbonyl (C=O) groups is 1. The van der Waals surface area contributed by atoms with Crippen molar-refractivity contribution in [3.8, 4) is 0 Å². The summed E-state index contributed by atoms with van der Waals surface area (Å²) in [5.41, 5.74) is 0. The first-order chi connectivity index (χ1) is 6.50. The average Bonchev–Trinajstić information content (AvgIpc) is 2.03. The number of hydrogen-bond donors (Lipinski definition) is 1. The van der Waals surface area contributed by atoms with Gasteiger partial charge in [-0.2, -0.15) is 0 Å². The van der Waals surface area contributed by atoms with Crippen LogP contribution in [0, 0.1) is 5.92 Å². The number of aliphatic hydroxyl groups is 1. The number of halogens is 1. The van der Waals surface area contributed by atoms with Crippen LogP contribution >= 0.6 is 22.6 Å². The molecule has 0 saturated heterocycles. The van der Waals surface area contributed by atoms with Crippen molar-refractivity contribution in [1.29, 1.82) is 0 Å². The summed E-state index contributed by atoms with van der Waals surface area (Å²) in [5, 5.41) is 9.79. The van der Waals surface area contributed by atoms with E-state index in [1.165, 1.54) is 6.92 Å². The van der Waals surface area contributed by atoms with Gasteiger partial charge >= 0.3 is 0 Å². The monoisotopic (exact) mass is 310 g/mol. The van der Waals surface area contributed by atoms with Gasteiger partial charge in [0.25, 0.3) is 0 Å². The van der Waals surface area contributed by atoms with Gasteiger partial charge < -0.3 is 5.11 Å². The molecule has 0 aliphatic heterocycles. The van der Waals surface area contributed by atoms with Gasteiger partial charge in [-0.15, -0.1) is 0 Å². The van der Waals surface area contributed by atoms with E-state index in [0.29, 0.717) is 6.42 Å². The highest BCUT2D eigenvalue weighted by Crippen LogP contribution is 2.24. The Labute approximate surface area is 99.9 Å². The maximum Gasteiger partial charge on any atom is 0.140 e. The number of hydrogen-bond acceptors (Lipinski definition) is 2. The van der Waals surface area contributed by atoms with Crippen molar-refractivity contribution >= 4 is 28.4 Å². The topological polar surface area (TPSA) is 37.3 Å². The lowest BCUT2D eigenvalue weighted by Crippen LogP contribution is -2.26. The quantitative estimate of drug-likeness (QED) is 0.579. The first kappa shape index (κ1) is 14.1. The van der Waals surface area contributed by atoms with Crippen LogP contribution in [0.15, 0.2) is 10.2 Å². The molecule has 0 aromatic heterocycles. The van der Waals surface area contributed by atoms with E-state index in [1.54, 1.807) is 0 Å². The van der Waals surface area contributed by atoms with E-state index in [9.17, 15) is 9.90 Å². The molecule has 0 saturated carbocycles. The van der Waals surface area contributed by atoms with E-state index in [4.69, 9.17) is 0 Å². The van der Waals surface area contributed by atoms with Crippen molar-refractivity contribution in [3.63, 3.8) is 0 Å². The highest BCUT2D eigenvalue weighted by atomic mass is 127. The summed E-state index contributed by atoms with van der Waals surface area (Å²) in [7, 11) is 0. The predicted molar refractivity (Wildman–Crippen MR) is 67.5 cm³/mol. The van der Waals surface area contributed by atoms with Crippen LogP contribution in [0.1, 0.15) is 39.5 Å². The molecule has 0 aliphatic carbocycles. The molecule has 14 heavy (non-hydrogen) atoms. The fourth-order valence-electron chi connectivity index (χ4n) is 1.47. The minimum absolute atomic E-state index is 0.00778. The van der Waals surface area contributed by atoms with Crippen LogP contribution < -0.4 is 0 Å². The van der Waals surface area contributed by atoms with E-state index >= 15 is 0 Å². The lowest BCUT2D eigenvalue weighted by atomic mass is 9.94. The summed E-state index contributed by atoms with van der Waals surface area (Å²) >= 11 is 2.02. The fraction of sp³-hybridized carbons (Fsp3) is 0.727. The number of ketones is 1. The van der Waals surface area contributed by atoms with Gasteiger partial charge in [-0.25, -0.2) is 0 Å². The fourth-order valence-corrected chi connectivity index (χ4v) is 2.32. The third-order valence-corrected chi connectivity index (χ3v) is 2.93. The lowest BCUT2D eigenvalue weighted by molar-refractivity contribution is -0.122. The van der Waals surface area contributed by atoms with Gasteiger partial charge in [-0.3, -0.25) is 4.79 Å². The molecular weight excluding hydrogens is 291 g/mol. The summed E-state index contributed by atoms with van der Waals surface area (Å²) in [4.78, 5) is 11.2.